The Balaban J connectivity index is 1.65. The minimum atomic E-state index is -0.110. The van der Waals surface area contributed by atoms with Gasteiger partial charge in [-0.1, -0.05) is 0 Å². The maximum Gasteiger partial charge on any atom is 0.276 e. The van der Waals surface area contributed by atoms with E-state index in [1.165, 1.54) is 0 Å². The number of carbonyl (C=O) groups is 1. The van der Waals surface area contributed by atoms with E-state index in [1.807, 2.05) is 4.90 Å². The molecule has 1 amide bonds. The van der Waals surface area contributed by atoms with Crippen molar-refractivity contribution in [2.45, 2.75) is 13.0 Å². The van der Waals surface area contributed by atoms with Crippen LogP contribution in [-0.4, -0.2) is 63.1 Å². The molecule has 7 nitrogen and oxygen atoms in total. The largest absolute Gasteiger partial charge is 0.340 e. The Morgan fingerprint density at radius 1 is 1.24 bits per heavy atom. The zero-order valence-corrected chi connectivity index (χ0v) is 12.1. The second kappa shape index (κ2) is 5.69. The molecule has 1 aliphatic rings. The summed E-state index contributed by atoms with van der Waals surface area (Å²) in [6.07, 6.45) is 5.36. The van der Waals surface area contributed by atoms with Gasteiger partial charge in [-0.05, 0) is 13.1 Å². The van der Waals surface area contributed by atoms with Crippen molar-refractivity contribution in [3.8, 4) is 0 Å². The minimum Gasteiger partial charge on any atom is -0.340 e. The Hall–Kier alpha value is -2.15. The van der Waals surface area contributed by atoms with E-state index in [-0.39, 0.29) is 11.5 Å². The number of nitrogens with zero attached hydrogens (tertiary/aromatic N) is 5. The monoisotopic (exact) mass is 289 g/mol. The number of piperazine rings is 1. The van der Waals surface area contributed by atoms with Crippen LogP contribution in [0.4, 0.5) is 0 Å². The van der Waals surface area contributed by atoms with E-state index in [4.69, 9.17) is 0 Å². The average Bonchev–Trinajstić information content (AvgIpc) is 2.96. The quantitative estimate of drug-likeness (QED) is 0.775. The molecule has 1 saturated heterocycles. The summed E-state index contributed by atoms with van der Waals surface area (Å²) >= 11 is 0. The van der Waals surface area contributed by atoms with Crippen LogP contribution in [0.5, 0.6) is 0 Å². The van der Waals surface area contributed by atoms with Gasteiger partial charge in [0.1, 0.15) is 5.52 Å². The van der Waals surface area contributed by atoms with Crippen molar-refractivity contribution >= 4 is 11.4 Å². The second-order valence-electron chi connectivity index (χ2n) is 5.39. The van der Waals surface area contributed by atoms with E-state index in [9.17, 15) is 9.59 Å². The van der Waals surface area contributed by atoms with Gasteiger partial charge in [0.05, 0.1) is 6.20 Å². The van der Waals surface area contributed by atoms with Crippen LogP contribution in [0, 0.1) is 0 Å². The van der Waals surface area contributed by atoms with Gasteiger partial charge in [-0.25, -0.2) is 4.52 Å². The first-order valence-corrected chi connectivity index (χ1v) is 7.14. The number of hydrogen-bond donors (Lipinski definition) is 0. The second-order valence-corrected chi connectivity index (χ2v) is 5.39. The zero-order valence-electron chi connectivity index (χ0n) is 12.1. The van der Waals surface area contributed by atoms with Gasteiger partial charge in [-0.15, -0.1) is 0 Å². The lowest BCUT2D eigenvalue weighted by molar-refractivity contribution is -0.133. The van der Waals surface area contributed by atoms with Gasteiger partial charge >= 0.3 is 0 Å². The summed E-state index contributed by atoms with van der Waals surface area (Å²) in [5.41, 5.74) is 0.422. The first-order valence-electron chi connectivity index (χ1n) is 7.14. The van der Waals surface area contributed by atoms with Crippen molar-refractivity contribution < 1.29 is 4.79 Å². The average molecular weight is 289 g/mol. The zero-order chi connectivity index (χ0) is 14.8. The summed E-state index contributed by atoms with van der Waals surface area (Å²) in [5.74, 6) is 0.114. The topological polar surface area (TPSA) is 62.9 Å². The molecule has 0 spiro atoms. The van der Waals surface area contributed by atoms with Crippen molar-refractivity contribution in [3.63, 3.8) is 0 Å². The molecule has 3 rings (SSSR count). The van der Waals surface area contributed by atoms with Crippen LogP contribution in [0.1, 0.15) is 6.42 Å². The molecular formula is C14H19N5O2. The highest BCUT2D eigenvalue weighted by atomic mass is 16.2. The van der Waals surface area contributed by atoms with Gasteiger partial charge in [-0.3, -0.25) is 9.59 Å². The van der Waals surface area contributed by atoms with Crippen molar-refractivity contribution in [2.75, 3.05) is 33.2 Å². The molecule has 0 radical (unpaired) electrons. The Kier molecular flexibility index (Phi) is 3.74. The van der Waals surface area contributed by atoms with Gasteiger partial charge in [0.15, 0.2) is 0 Å². The smallest absolute Gasteiger partial charge is 0.276 e. The van der Waals surface area contributed by atoms with Gasteiger partial charge < -0.3 is 14.4 Å². The van der Waals surface area contributed by atoms with Gasteiger partial charge in [0.25, 0.3) is 5.56 Å². The summed E-state index contributed by atoms with van der Waals surface area (Å²) in [7, 11) is 2.06. The predicted molar refractivity (Wildman–Crippen MR) is 78.1 cm³/mol. The standard InChI is InChI=1S/C14H19N5O2/c1-16-6-8-17(9-7-16)13(20)3-5-18-10-11-19-12(14(18)21)2-4-15-19/h2,4,10-11H,3,5-9H2,1H3. The Morgan fingerprint density at radius 2 is 2.00 bits per heavy atom. The Labute approximate surface area is 122 Å². The SMILES string of the molecule is CN1CCN(C(=O)CCn2ccn3nccc3c2=O)CC1. The van der Waals surface area contributed by atoms with Crippen LogP contribution < -0.4 is 5.56 Å². The fraction of sp³-hybridized carbons (Fsp3) is 0.500. The van der Waals surface area contributed by atoms with Crippen LogP contribution in [0.2, 0.25) is 0 Å². The van der Waals surface area contributed by atoms with E-state index in [1.54, 1.807) is 33.7 Å². The third-order valence-corrected chi connectivity index (χ3v) is 3.96. The normalized spacial score (nSPS) is 16.5. The number of aryl methyl sites for hydroxylation is 1. The first-order chi connectivity index (χ1) is 10.1. The van der Waals surface area contributed by atoms with Crippen LogP contribution in [-0.2, 0) is 11.3 Å². The highest BCUT2D eigenvalue weighted by Crippen LogP contribution is 2.03. The molecule has 2 aromatic heterocycles. The minimum absolute atomic E-state index is 0.110. The van der Waals surface area contributed by atoms with Gasteiger partial charge in [-0.2, -0.15) is 5.10 Å². The number of likely N-dealkylation sites (N-methyl/N-ethyl adjacent to an activating group) is 1. The predicted octanol–water partition coefficient (Wildman–Crippen LogP) is -0.340. The number of rotatable bonds is 3. The maximum atomic E-state index is 12.2. The van der Waals surface area contributed by atoms with Crippen molar-refractivity contribution in [3.05, 3.63) is 35.0 Å². The van der Waals surface area contributed by atoms with Crippen LogP contribution in [0.25, 0.3) is 5.52 Å². The Bertz CT molecular complexity index is 697. The molecule has 0 saturated carbocycles. The van der Waals surface area contributed by atoms with Gasteiger partial charge in [0.2, 0.25) is 5.91 Å². The summed E-state index contributed by atoms with van der Waals surface area (Å²) in [4.78, 5) is 28.5. The third-order valence-electron chi connectivity index (χ3n) is 3.96. The lowest BCUT2D eigenvalue weighted by Gasteiger charge is -2.32. The fourth-order valence-electron chi connectivity index (χ4n) is 2.57. The highest BCUT2D eigenvalue weighted by molar-refractivity contribution is 5.76. The number of aromatic nitrogens is 3. The van der Waals surface area contributed by atoms with E-state index in [0.717, 1.165) is 26.2 Å². The van der Waals surface area contributed by atoms with E-state index >= 15 is 0 Å². The highest BCUT2D eigenvalue weighted by Gasteiger charge is 2.18. The molecule has 7 heteroatoms. The summed E-state index contributed by atoms with van der Waals surface area (Å²) in [6, 6.07) is 1.68. The number of amides is 1. The van der Waals surface area contributed by atoms with E-state index in [0.29, 0.717) is 18.5 Å². The van der Waals surface area contributed by atoms with Crippen LogP contribution in [0.15, 0.2) is 29.5 Å². The number of carbonyl (C=O) groups excluding carboxylic acids is 1. The van der Waals surface area contributed by atoms with Crippen molar-refractivity contribution in [1.82, 2.24) is 24.0 Å². The lowest BCUT2D eigenvalue weighted by atomic mass is 10.3. The number of fused-ring (bicyclic) bond motifs is 1. The lowest BCUT2D eigenvalue weighted by Crippen LogP contribution is -2.47. The van der Waals surface area contributed by atoms with Crippen LogP contribution >= 0.6 is 0 Å². The third kappa shape index (κ3) is 2.82. The molecule has 0 unspecified atom stereocenters. The van der Waals surface area contributed by atoms with Crippen LogP contribution in [0.3, 0.4) is 0 Å². The molecule has 0 aromatic carbocycles. The van der Waals surface area contributed by atoms with E-state index < -0.39 is 0 Å². The van der Waals surface area contributed by atoms with Crippen molar-refractivity contribution in [1.29, 1.82) is 0 Å². The van der Waals surface area contributed by atoms with Crippen molar-refractivity contribution in [2.24, 2.45) is 0 Å². The molecule has 0 atom stereocenters. The molecular weight excluding hydrogens is 270 g/mol. The molecule has 112 valence electrons. The summed E-state index contributed by atoms with van der Waals surface area (Å²) < 4.78 is 3.12. The molecule has 2 aromatic rings. The molecule has 0 aliphatic carbocycles. The molecule has 0 N–H and O–H groups in total. The van der Waals surface area contributed by atoms with E-state index in [2.05, 4.69) is 17.0 Å². The molecule has 1 fully saturated rings. The summed E-state index contributed by atoms with van der Waals surface area (Å²) in [6.45, 7) is 3.77. The molecule has 3 heterocycles. The molecule has 21 heavy (non-hydrogen) atoms. The molecule has 0 bridgehead atoms. The van der Waals surface area contributed by atoms with Gasteiger partial charge in [0, 0.05) is 51.5 Å². The molecule has 1 aliphatic heterocycles. The number of hydrogen-bond acceptors (Lipinski definition) is 4. The Morgan fingerprint density at radius 3 is 2.76 bits per heavy atom. The summed E-state index contributed by atoms with van der Waals surface area (Å²) in [5, 5.41) is 4.02. The fourth-order valence-corrected chi connectivity index (χ4v) is 2.57. The first kappa shape index (κ1) is 13.8. The maximum absolute atomic E-state index is 12.2.